The average Bonchev–Trinajstić information content (AvgIpc) is 3.68. The molecule has 254 valence electrons. The largest absolute Gasteiger partial charge is 0.278 e. The molecule has 0 saturated heterocycles. The van der Waals surface area contributed by atoms with Crippen molar-refractivity contribution in [2.24, 2.45) is 0 Å². The quantitative estimate of drug-likeness (QED) is 0.185. The number of fused-ring (bicyclic) bond motifs is 9. The Morgan fingerprint density at radius 1 is 0.426 bits per heavy atom. The maximum atomic E-state index is 5.33. The van der Waals surface area contributed by atoms with Gasteiger partial charge in [0.1, 0.15) is 0 Å². The summed E-state index contributed by atoms with van der Waals surface area (Å²) in [6.07, 6.45) is 0. The van der Waals surface area contributed by atoms with Gasteiger partial charge in [-0.15, -0.1) is 0 Å². The molecule has 0 saturated carbocycles. The highest BCUT2D eigenvalue weighted by Crippen LogP contribution is 2.53. The van der Waals surface area contributed by atoms with E-state index < -0.39 is 0 Å². The molecule has 4 heteroatoms. The van der Waals surface area contributed by atoms with Crippen molar-refractivity contribution in [2.45, 2.75) is 19.3 Å². The Balaban J connectivity index is 1.23. The van der Waals surface area contributed by atoms with Crippen molar-refractivity contribution in [3.05, 3.63) is 181 Å². The zero-order valence-corrected chi connectivity index (χ0v) is 30.0. The van der Waals surface area contributed by atoms with Crippen molar-refractivity contribution in [1.29, 1.82) is 0 Å². The van der Waals surface area contributed by atoms with Crippen LogP contribution in [0.1, 0.15) is 25.0 Å². The molecular weight excluding hydrogens is 657 g/mol. The fraction of sp³-hybridized carbons (Fsp3) is 0.0600. The molecule has 0 aliphatic heterocycles. The van der Waals surface area contributed by atoms with Gasteiger partial charge in [-0.05, 0) is 85.3 Å². The van der Waals surface area contributed by atoms with Gasteiger partial charge in [0.2, 0.25) is 5.95 Å². The SMILES string of the molecule is CC1(C)c2ccccc2-c2ccc3c(c21)c1cc(-c2ccccc2)ccc1n3-c1nc(-c2ccc3ccccc3c2)nc(-c2ccc3ccccc3c2)n1. The van der Waals surface area contributed by atoms with E-state index in [4.69, 9.17) is 15.0 Å². The first-order chi connectivity index (χ1) is 26.5. The van der Waals surface area contributed by atoms with E-state index >= 15 is 0 Å². The summed E-state index contributed by atoms with van der Waals surface area (Å²) >= 11 is 0. The average molecular weight is 691 g/mol. The molecule has 0 radical (unpaired) electrons. The number of nitrogens with zero attached hydrogens (tertiary/aromatic N) is 4. The molecule has 2 heterocycles. The lowest BCUT2D eigenvalue weighted by atomic mass is 9.80. The Morgan fingerprint density at radius 2 is 1.00 bits per heavy atom. The van der Waals surface area contributed by atoms with Crippen LogP contribution in [0.3, 0.4) is 0 Å². The number of rotatable bonds is 4. The maximum Gasteiger partial charge on any atom is 0.238 e. The predicted molar refractivity (Wildman–Crippen MR) is 223 cm³/mol. The molecule has 0 atom stereocenters. The van der Waals surface area contributed by atoms with Gasteiger partial charge in [-0.1, -0.05) is 153 Å². The summed E-state index contributed by atoms with van der Waals surface area (Å²) in [5.41, 5.74) is 11.5. The molecule has 0 spiro atoms. The molecule has 0 bridgehead atoms. The molecule has 10 aromatic rings. The van der Waals surface area contributed by atoms with E-state index in [0.717, 1.165) is 32.9 Å². The van der Waals surface area contributed by atoms with Crippen LogP contribution in [0.4, 0.5) is 0 Å². The van der Waals surface area contributed by atoms with E-state index in [9.17, 15) is 0 Å². The molecule has 8 aromatic carbocycles. The fourth-order valence-electron chi connectivity index (χ4n) is 8.79. The highest BCUT2D eigenvalue weighted by atomic mass is 15.2. The first-order valence-electron chi connectivity index (χ1n) is 18.5. The summed E-state index contributed by atoms with van der Waals surface area (Å²) in [6, 6.07) is 60.7. The van der Waals surface area contributed by atoms with Crippen LogP contribution in [-0.4, -0.2) is 19.5 Å². The molecule has 11 rings (SSSR count). The number of benzene rings is 8. The molecule has 1 aliphatic rings. The van der Waals surface area contributed by atoms with Crippen LogP contribution in [0.25, 0.3) is 94.3 Å². The second kappa shape index (κ2) is 11.5. The summed E-state index contributed by atoms with van der Waals surface area (Å²) in [6.45, 7) is 4.72. The first-order valence-corrected chi connectivity index (χ1v) is 18.5. The van der Waals surface area contributed by atoms with Crippen LogP contribution in [0.2, 0.25) is 0 Å². The van der Waals surface area contributed by atoms with Gasteiger partial charge in [-0.3, -0.25) is 4.57 Å². The first kappa shape index (κ1) is 30.7. The van der Waals surface area contributed by atoms with Crippen LogP contribution < -0.4 is 0 Å². The minimum Gasteiger partial charge on any atom is -0.278 e. The second-order valence-electron chi connectivity index (χ2n) is 14.9. The Labute approximate surface area is 313 Å². The lowest BCUT2D eigenvalue weighted by molar-refractivity contribution is 0.666. The molecule has 0 N–H and O–H groups in total. The predicted octanol–water partition coefficient (Wildman–Crippen LogP) is 12.6. The Hall–Kier alpha value is -6.91. The highest BCUT2D eigenvalue weighted by Gasteiger charge is 2.38. The number of hydrogen-bond donors (Lipinski definition) is 0. The monoisotopic (exact) mass is 690 g/mol. The summed E-state index contributed by atoms with van der Waals surface area (Å²) in [4.78, 5) is 15.8. The standard InChI is InChI=1S/C50H34N4/c1-50(2)42-19-11-10-18-39(42)40-25-27-44-45(46(40)50)41-30-36(31-12-4-3-5-13-31)24-26-43(41)54(44)49-52-47(37-22-20-32-14-6-8-16-34(32)28-37)51-48(53-49)38-23-21-33-15-7-9-17-35(33)29-38/h3-30H,1-2H3. The summed E-state index contributed by atoms with van der Waals surface area (Å²) < 4.78 is 2.26. The van der Waals surface area contributed by atoms with Crippen molar-refractivity contribution in [3.63, 3.8) is 0 Å². The third kappa shape index (κ3) is 4.60. The topological polar surface area (TPSA) is 43.6 Å². The summed E-state index contributed by atoms with van der Waals surface area (Å²) in [5, 5.41) is 7.07. The molecule has 0 amide bonds. The van der Waals surface area contributed by atoms with Gasteiger partial charge >= 0.3 is 0 Å². The van der Waals surface area contributed by atoms with Crippen LogP contribution >= 0.6 is 0 Å². The van der Waals surface area contributed by atoms with Crippen LogP contribution in [-0.2, 0) is 5.41 Å². The van der Waals surface area contributed by atoms with Gasteiger partial charge in [0.25, 0.3) is 0 Å². The van der Waals surface area contributed by atoms with E-state index in [1.165, 1.54) is 54.9 Å². The van der Waals surface area contributed by atoms with Crippen LogP contribution in [0, 0.1) is 0 Å². The molecular formula is C50H34N4. The maximum absolute atomic E-state index is 5.33. The number of hydrogen-bond acceptors (Lipinski definition) is 3. The molecule has 0 unspecified atom stereocenters. The third-order valence-electron chi connectivity index (χ3n) is 11.4. The molecule has 2 aromatic heterocycles. The van der Waals surface area contributed by atoms with E-state index in [1.54, 1.807) is 0 Å². The van der Waals surface area contributed by atoms with E-state index in [-0.39, 0.29) is 5.41 Å². The van der Waals surface area contributed by atoms with Gasteiger partial charge in [-0.2, -0.15) is 9.97 Å². The Kier molecular flexibility index (Phi) is 6.56. The highest BCUT2D eigenvalue weighted by molar-refractivity contribution is 6.15. The zero-order chi connectivity index (χ0) is 36.0. The van der Waals surface area contributed by atoms with Crippen LogP contribution in [0.15, 0.2) is 170 Å². The van der Waals surface area contributed by atoms with E-state index in [1.807, 2.05) is 0 Å². The van der Waals surface area contributed by atoms with E-state index in [0.29, 0.717) is 17.6 Å². The van der Waals surface area contributed by atoms with E-state index in [2.05, 4.69) is 188 Å². The van der Waals surface area contributed by atoms with Crippen LogP contribution in [0.5, 0.6) is 0 Å². The van der Waals surface area contributed by atoms with Gasteiger partial charge in [0, 0.05) is 27.3 Å². The lowest BCUT2D eigenvalue weighted by Crippen LogP contribution is -2.15. The van der Waals surface area contributed by atoms with Crippen molar-refractivity contribution in [3.8, 4) is 51.0 Å². The molecule has 1 aliphatic carbocycles. The van der Waals surface area contributed by atoms with Gasteiger partial charge in [0.15, 0.2) is 11.6 Å². The van der Waals surface area contributed by atoms with Gasteiger partial charge < -0.3 is 0 Å². The summed E-state index contributed by atoms with van der Waals surface area (Å²) in [7, 11) is 0. The Bertz CT molecular complexity index is 3040. The van der Waals surface area contributed by atoms with Gasteiger partial charge in [-0.25, -0.2) is 4.98 Å². The third-order valence-corrected chi connectivity index (χ3v) is 11.4. The van der Waals surface area contributed by atoms with Crippen molar-refractivity contribution in [2.75, 3.05) is 0 Å². The normalized spacial score (nSPS) is 13.1. The molecule has 0 fully saturated rings. The zero-order valence-electron chi connectivity index (χ0n) is 30.0. The van der Waals surface area contributed by atoms with Crippen molar-refractivity contribution in [1.82, 2.24) is 19.5 Å². The Morgan fingerprint density at radius 3 is 1.69 bits per heavy atom. The number of aromatic nitrogens is 4. The van der Waals surface area contributed by atoms with Crippen molar-refractivity contribution < 1.29 is 0 Å². The molecule has 4 nitrogen and oxygen atoms in total. The van der Waals surface area contributed by atoms with Gasteiger partial charge in [0.05, 0.1) is 11.0 Å². The minimum absolute atomic E-state index is 0.209. The molecule has 54 heavy (non-hydrogen) atoms. The summed E-state index contributed by atoms with van der Waals surface area (Å²) in [5.74, 6) is 1.87. The minimum atomic E-state index is -0.209. The van der Waals surface area contributed by atoms with Crippen molar-refractivity contribution >= 4 is 43.4 Å². The lowest BCUT2D eigenvalue weighted by Gasteiger charge is -2.22. The fourth-order valence-corrected chi connectivity index (χ4v) is 8.79. The second-order valence-corrected chi connectivity index (χ2v) is 14.9. The smallest absolute Gasteiger partial charge is 0.238 e.